The van der Waals surface area contributed by atoms with Gasteiger partial charge in [-0.2, -0.15) is 0 Å². The number of nitrogens with zero attached hydrogens (tertiary/aromatic N) is 1. The van der Waals surface area contributed by atoms with Gasteiger partial charge in [0.15, 0.2) is 0 Å². The van der Waals surface area contributed by atoms with Crippen molar-refractivity contribution in [1.29, 1.82) is 0 Å². The molecule has 0 unspecified atom stereocenters. The number of carbonyl (C=O) groups excluding carboxylic acids is 1. The zero-order chi connectivity index (χ0) is 16.9. The Labute approximate surface area is 147 Å². The van der Waals surface area contributed by atoms with E-state index in [1.807, 2.05) is 13.0 Å². The maximum Gasteiger partial charge on any atom is 0.310 e. The molecule has 0 N–H and O–H groups in total. The summed E-state index contributed by atoms with van der Waals surface area (Å²) in [5.74, 6) is 0.781. The summed E-state index contributed by atoms with van der Waals surface area (Å²) in [6.45, 7) is 5.49. The normalized spacial score (nSPS) is 15.6. The lowest BCUT2D eigenvalue weighted by Crippen LogP contribution is -2.29. The number of piperidine rings is 1. The van der Waals surface area contributed by atoms with Gasteiger partial charge in [-0.1, -0.05) is 6.42 Å². The van der Waals surface area contributed by atoms with Crippen LogP contribution in [0.4, 0.5) is 0 Å². The molecule has 1 fully saturated rings. The second kappa shape index (κ2) is 7.99. The number of hydrogen-bond acceptors (Lipinski definition) is 5. The minimum atomic E-state index is -0.161. The quantitative estimate of drug-likeness (QED) is 0.740. The SMILES string of the molecule is CCOC(=O)Cc1csc2c(CN3CCCCC3)c(OC)ccc12. The molecule has 2 heterocycles. The van der Waals surface area contributed by atoms with Crippen LogP contribution in [0.2, 0.25) is 0 Å². The highest BCUT2D eigenvalue weighted by atomic mass is 32.1. The van der Waals surface area contributed by atoms with Gasteiger partial charge < -0.3 is 9.47 Å². The summed E-state index contributed by atoms with van der Waals surface area (Å²) in [6.07, 6.45) is 4.22. The first-order valence-electron chi connectivity index (χ1n) is 8.66. The van der Waals surface area contributed by atoms with Gasteiger partial charge in [-0.15, -0.1) is 11.3 Å². The second-order valence-electron chi connectivity index (χ2n) is 6.20. The van der Waals surface area contributed by atoms with Crippen LogP contribution in [0.5, 0.6) is 5.75 Å². The van der Waals surface area contributed by atoms with Gasteiger partial charge in [-0.25, -0.2) is 0 Å². The topological polar surface area (TPSA) is 38.8 Å². The van der Waals surface area contributed by atoms with E-state index in [0.717, 1.165) is 36.3 Å². The molecule has 1 aliphatic rings. The summed E-state index contributed by atoms with van der Waals surface area (Å²) >= 11 is 1.70. The zero-order valence-electron chi connectivity index (χ0n) is 14.5. The summed E-state index contributed by atoms with van der Waals surface area (Å²) < 4.78 is 11.9. The fourth-order valence-corrected chi connectivity index (χ4v) is 4.48. The van der Waals surface area contributed by atoms with Crippen molar-refractivity contribution < 1.29 is 14.3 Å². The Morgan fingerprint density at radius 1 is 1.25 bits per heavy atom. The van der Waals surface area contributed by atoms with Gasteiger partial charge in [-0.05, 0) is 61.3 Å². The van der Waals surface area contributed by atoms with Crippen LogP contribution in [0, 0.1) is 0 Å². The van der Waals surface area contributed by atoms with Gasteiger partial charge in [0.05, 0.1) is 20.1 Å². The summed E-state index contributed by atoms with van der Waals surface area (Å²) in [6, 6.07) is 4.10. The van der Waals surface area contributed by atoms with Crippen LogP contribution in [0.25, 0.3) is 10.1 Å². The fourth-order valence-electron chi connectivity index (χ4n) is 3.38. The maximum absolute atomic E-state index is 11.8. The zero-order valence-corrected chi connectivity index (χ0v) is 15.3. The number of ether oxygens (including phenoxy) is 2. The number of thiophene rings is 1. The Bertz CT molecular complexity index is 704. The lowest BCUT2D eigenvalue weighted by molar-refractivity contribution is -0.142. The van der Waals surface area contributed by atoms with Crippen molar-refractivity contribution in [2.75, 3.05) is 26.8 Å². The third-order valence-electron chi connectivity index (χ3n) is 4.57. The lowest BCUT2D eigenvalue weighted by atomic mass is 10.0. The number of hydrogen-bond donors (Lipinski definition) is 0. The number of rotatable bonds is 6. The molecule has 5 heteroatoms. The number of benzene rings is 1. The van der Waals surface area contributed by atoms with Crippen molar-refractivity contribution in [1.82, 2.24) is 4.90 Å². The van der Waals surface area contributed by atoms with Crippen LogP contribution in [0.3, 0.4) is 0 Å². The minimum Gasteiger partial charge on any atom is -0.496 e. The molecule has 0 atom stereocenters. The van der Waals surface area contributed by atoms with Crippen molar-refractivity contribution >= 4 is 27.4 Å². The molecule has 1 aliphatic heterocycles. The largest absolute Gasteiger partial charge is 0.496 e. The molecule has 24 heavy (non-hydrogen) atoms. The molecule has 0 aliphatic carbocycles. The van der Waals surface area contributed by atoms with Crippen molar-refractivity contribution in [2.45, 2.75) is 39.2 Å². The molecular weight excluding hydrogens is 322 g/mol. The van der Waals surface area contributed by atoms with Gasteiger partial charge >= 0.3 is 5.97 Å². The highest BCUT2D eigenvalue weighted by Gasteiger charge is 2.18. The number of likely N-dealkylation sites (tertiary alicyclic amines) is 1. The fraction of sp³-hybridized carbons (Fsp3) is 0.526. The van der Waals surface area contributed by atoms with Crippen LogP contribution < -0.4 is 4.74 Å². The molecule has 3 rings (SSSR count). The Balaban J connectivity index is 1.90. The predicted octanol–water partition coefficient (Wildman–Crippen LogP) is 4.00. The Morgan fingerprint density at radius 3 is 2.75 bits per heavy atom. The molecule has 0 saturated carbocycles. The van der Waals surface area contributed by atoms with Gasteiger partial charge in [0.2, 0.25) is 0 Å². The van der Waals surface area contributed by atoms with Crippen LogP contribution in [0.15, 0.2) is 17.5 Å². The smallest absolute Gasteiger partial charge is 0.310 e. The number of methoxy groups -OCH3 is 1. The van der Waals surface area contributed by atoms with E-state index in [1.165, 1.54) is 29.5 Å². The second-order valence-corrected chi connectivity index (χ2v) is 7.08. The highest BCUT2D eigenvalue weighted by Crippen LogP contribution is 2.36. The maximum atomic E-state index is 11.8. The van der Waals surface area contributed by atoms with Crippen molar-refractivity contribution in [3.8, 4) is 5.75 Å². The van der Waals surface area contributed by atoms with Gasteiger partial charge in [-0.3, -0.25) is 9.69 Å². The average Bonchev–Trinajstić information content (AvgIpc) is 2.99. The Hall–Kier alpha value is -1.59. The average molecular weight is 347 g/mol. The molecular formula is C19H25NO3S. The van der Waals surface area contributed by atoms with E-state index < -0.39 is 0 Å². The van der Waals surface area contributed by atoms with Crippen molar-refractivity contribution in [3.05, 3.63) is 28.6 Å². The summed E-state index contributed by atoms with van der Waals surface area (Å²) in [5, 5.41) is 3.24. The number of esters is 1. The molecule has 0 amide bonds. The molecule has 1 aromatic carbocycles. The predicted molar refractivity (Wildman–Crippen MR) is 97.8 cm³/mol. The summed E-state index contributed by atoms with van der Waals surface area (Å²) in [5.41, 5.74) is 2.30. The third-order valence-corrected chi connectivity index (χ3v) is 5.68. The first kappa shape index (κ1) is 17.2. The van der Waals surface area contributed by atoms with Crippen molar-refractivity contribution in [2.24, 2.45) is 0 Å². The molecule has 1 saturated heterocycles. The molecule has 1 aromatic heterocycles. The third kappa shape index (κ3) is 3.73. The molecule has 0 spiro atoms. The summed E-state index contributed by atoms with van der Waals surface area (Å²) in [7, 11) is 1.73. The number of carbonyl (C=O) groups is 1. The monoisotopic (exact) mass is 347 g/mol. The van der Waals surface area contributed by atoms with E-state index in [9.17, 15) is 4.79 Å². The number of fused-ring (bicyclic) bond motifs is 1. The Kier molecular flexibility index (Phi) is 5.74. The van der Waals surface area contributed by atoms with Crippen LogP contribution >= 0.6 is 11.3 Å². The van der Waals surface area contributed by atoms with E-state index in [0.29, 0.717) is 13.0 Å². The van der Waals surface area contributed by atoms with Crippen LogP contribution in [0.1, 0.15) is 37.3 Å². The van der Waals surface area contributed by atoms with E-state index in [2.05, 4.69) is 16.3 Å². The first-order chi connectivity index (χ1) is 11.7. The Morgan fingerprint density at radius 2 is 2.04 bits per heavy atom. The van der Waals surface area contributed by atoms with Crippen LogP contribution in [-0.4, -0.2) is 37.7 Å². The molecule has 0 radical (unpaired) electrons. The van der Waals surface area contributed by atoms with Crippen molar-refractivity contribution in [3.63, 3.8) is 0 Å². The van der Waals surface area contributed by atoms with E-state index in [4.69, 9.17) is 9.47 Å². The van der Waals surface area contributed by atoms with E-state index in [1.54, 1.807) is 18.4 Å². The molecule has 4 nitrogen and oxygen atoms in total. The standard InChI is InChI=1S/C19H25NO3S/c1-3-23-18(21)11-14-13-24-19-15(14)7-8-17(22-2)16(19)12-20-9-5-4-6-10-20/h7-8,13H,3-6,9-12H2,1-2H3. The van der Waals surface area contributed by atoms with Gasteiger partial charge in [0, 0.05) is 16.8 Å². The highest BCUT2D eigenvalue weighted by molar-refractivity contribution is 7.17. The van der Waals surface area contributed by atoms with Gasteiger partial charge in [0.25, 0.3) is 0 Å². The molecule has 2 aromatic rings. The van der Waals surface area contributed by atoms with E-state index >= 15 is 0 Å². The molecule has 0 bridgehead atoms. The minimum absolute atomic E-state index is 0.161. The summed E-state index contributed by atoms with van der Waals surface area (Å²) in [4.78, 5) is 14.3. The lowest BCUT2D eigenvalue weighted by Gasteiger charge is -2.27. The van der Waals surface area contributed by atoms with Crippen LogP contribution in [-0.2, 0) is 22.5 Å². The van der Waals surface area contributed by atoms with Gasteiger partial charge in [0.1, 0.15) is 5.75 Å². The molecule has 130 valence electrons. The van der Waals surface area contributed by atoms with E-state index in [-0.39, 0.29) is 5.97 Å². The first-order valence-corrected chi connectivity index (χ1v) is 9.54.